The molecular formula is C15H27NO3. The SMILES string of the molecule is NC1(C(=O)CCCCC2CCOCC2)CCOCC1. The van der Waals surface area contributed by atoms with Gasteiger partial charge in [-0.3, -0.25) is 4.79 Å². The Morgan fingerprint density at radius 2 is 1.68 bits per heavy atom. The molecule has 0 aromatic carbocycles. The van der Waals surface area contributed by atoms with Crippen LogP contribution in [0.2, 0.25) is 0 Å². The summed E-state index contributed by atoms with van der Waals surface area (Å²) in [5.41, 5.74) is 5.58. The van der Waals surface area contributed by atoms with Crippen molar-refractivity contribution >= 4 is 5.78 Å². The molecule has 4 heteroatoms. The van der Waals surface area contributed by atoms with E-state index in [2.05, 4.69) is 0 Å². The summed E-state index contributed by atoms with van der Waals surface area (Å²) in [6.45, 7) is 3.08. The highest BCUT2D eigenvalue weighted by Crippen LogP contribution is 2.24. The second kappa shape index (κ2) is 7.36. The molecule has 0 saturated carbocycles. The second-order valence-corrected chi connectivity index (χ2v) is 5.99. The van der Waals surface area contributed by atoms with Crippen LogP contribution in [0.1, 0.15) is 51.4 Å². The Balaban J connectivity index is 1.60. The van der Waals surface area contributed by atoms with Crippen molar-refractivity contribution in [2.24, 2.45) is 11.7 Å². The molecule has 0 aliphatic carbocycles. The fourth-order valence-electron chi connectivity index (χ4n) is 3.02. The molecule has 2 aliphatic rings. The van der Waals surface area contributed by atoms with Gasteiger partial charge in [-0.15, -0.1) is 0 Å². The van der Waals surface area contributed by atoms with Crippen molar-refractivity contribution < 1.29 is 14.3 Å². The standard InChI is InChI=1S/C15H27NO3/c16-15(7-11-19-12-8-15)14(17)4-2-1-3-13-5-9-18-10-6-13/h13H,1-12,16H2. The summed E-state index contributed by atoms with van der Waals surface area (Å²) in [5, 5.41) is 0. The predicted molar refractivity (Wildman–Crippen MR) is 74.0 cm³/mol. The smallest absolute Gasteiger partial charge is 0.152 e. The van der Waals surface area contributed by atoms with Gasteiger partial charge in [0.15, 0.2) is 5.78 Å². The number of rotatable bonds is 6. The Morgan fingerprint density at radius 1 is 1.05 bits per heavy atom. The molecule has 2 fully saturated rings. The van der Waals surface area contributed by atoms with E-state index in [0.29, 0.717) is 32.5 Å². The van der Waals surface area contributed by atoms with E-state index in [4.69, 9.17) is 15.2 Å². The predicted octanol–water partition coefficient (Wildman–Crippen LogP) is 2.05. The van der Waals surface area contributed by atoms with Gasteiger partial charge in [0.25, 0.3) is 0 Å². The van der Waals surface area contributed by atoms with E-state index in [9.17, 15) is 4.79 Å². The zero-order chi connectivity index (χ0) is 13.6. The number of unbranched alkanes of at least 4 members (excludes halogenated alkanes) is 1. The highest BCUT2D eigenvalue weighted by molar-refractivity contribution is 5.88. The third-order valence-electron chi connectivity index (χ3n) is 4.55. The lowest BCUT2D eigenvalue weighted by Crippen LogP contribution is -2.51. The zero-order valence-corrected chi connectivity index (χ0v) is 11.9. The maximum absolute atomic E-state index is 12.2. The van der Waals surface area contributed by atoms with Crippen LogP contribution >= 0.6 is 0 Å². The van der Waals surface area contributed by atoms with Gasteiger partial charge in [-0.2, -0.15) is 0 Å². The van der Waals surface area contributed by atoms with Crippen LogP contribution in [0.5, 0.6) is 0 Å². The Bertz CT molecular complexity index is 281. The first-order chi connectivity index (χ1) is 9.21. The molecule has 4 nitrogen and oxygen atoms in total. The normalized spacial score (nSPS) is 24.3. The van der Waals surface area contributed by atoms with Crippen LogP contribution in [0.4, 0.5) is 0 Å². The van der Waals surface area contributed by atoms with Gasteiger partial charge in [0.05, 0.1) is 5.54 Å². The van der Waals surface area contributed by atoms with Gasteiger partial charge in [0, 0.05) is 32.8 Å². The Hall–Kier alpha value is -0.450. The van der Waals surface area contributed by atoms with Crippen molar-refractivity contribution in [2.45, 2.75) is 56.9 Å². The van der Waals surface area contributed by atoms with E-state index in [1.807, 2.05) is 0 Å². The monoisotopic (exact) mass is 269 g/mol. The van der Waals surface area contributed by atoms with Crippen LogP contribution in [0, 0.1) is 5.92 Å². The fourth-order valence-corrected chi connectivity index (χ4v) is 3.02. The minimum absolute atomic E-state index is 0.239. The average molecular weight is 269 g/mol. The highest BCUT2D eigenvalue weighted by Gasteiger charge is 2.34. The van der Waals surface area contributed by atoms with Crippen LogP contribution in [-0.2, 0) is 14.3 Å². The molecule has 0 unspecified atom stereocenters. The largest absolute Gasteiger partial charge is 0.381 e. The van der Waals surface area contributed by atoms with E-state index in [1.165, 1.54) is 19.3 Å². The number of hydrogen-bond donors (Lipinski definition) is 1. The highest BCUT2D eigenvalue weighted by atomic mass is 16.5. The van der Waals surface area contributed by atoms with E-state index in [-0.39, 0.29) is 5.78 Å². The number of Topliss-reactive ketones (excluding diaryl/α,β-unsaturated/α-hetero) is 1. The van der Waals surface area contributed by atoms with Gasteiger partial charge in [-0.25, -0.2) is 0 Å². The van der Waals surface area contributed by atoms with Crippen molar-refractivity contribution in [3.63, 3.8) is 0 Å². The molecule has 2 aliphatic heterocycles. The maximum atomic E-state index is 12.2. The second-order valence-electron chi connectivity index (χ2n) is 5.99. The Morgan fingerprint density at radius 3 is 2.37 bits per heavy atom. The minimum atomic E-state index is -0.600. The van der Waals surface area contributed by atoms with Crippen LogP contribution < -0.4 is 5.73 Å². The summed E-state index contributed by atoms with van der Waals surface area (Å²) < 4.78 is 10.6. The van der Waals surface area contributed by atoms with E-state index < -0.39 is 5.54 Å². The first-order valence-corrected chi connectivity index (χ1v) is 7.68. The first-order valence-electron chi connectivity index (χ1n) is 7.68. The van der Waals surface area contributed by atoms with Crippen molar-refractivity contribution in [3.05, 3.63) is 0 Å². The third-order valence-corrected chi connectivity index (χ3v) is 4.55. The summed E-state index contributed by atoms with van der Waals surface area (Å²) in [4.78, 5) is 12.2. The molecule has 0 aromatic heterocycles. The van der Waals surface area contributed by atoms with Gasteiger partial charge in [-0.05, 0) is 38.0 Å². The molecule has 2 saturated heterocycles. The number of carbonyl (C=O) groups excluding carboxylic acids is 1. The van der Waals surface area contributed by atoms with Gasteiger partial charge < -0.3 is 15.2 Å². The van der Waals surface area contributed by atoms with Crippen LogP contribution in [0.15, 0.2) is 0 Å². The number of ether oxygens (including phenoxy) is 2. The lowest BCUT2D eigenvalue weighted by molar-refractivity contribution is -0.127. The molecule has 0 aromatic rings. The quantitative estimate of drug-likeness (QED) is 0.750. The maximum Gasteiger partial charge on any atom is 0.152 e. The fraction of sp³-hybridized carbons (Fsp3) is 0.933. The van der Waals surface area contributed by atoms with Gasteiger partial charge in [-0.1, -0.05) is 12.8 Å². The average Bonchev–Trinajstić information content (AvgIpc) is 2.45. The summed E-state index contributed by atoms with van der Waals surface area (Å²) in [6, 6.07) is 0. The molecule has 0 amide bonds. The van der Waals surface area contributed by atoms with E-state index >= 15 is 0 Å². The number of nitrogens with two attached hydrogens (primary N) is 1. The molecular weight excluding hydrogens is 242 g/mol. The molecule has 110 valence electrons. The summed E-state index contributed by atoms with van der Waals surface area (Å²) in [6.07, 6.45) is 7.74. The molecule has 2 heterocycles. The van der Waals surface area contributed by atoms with Crippen LogP contribution in [0.25, 0.3) is 0 Å². The summed E-state index contributed by atoms with van der Waals surface area (Å²) in [5.74, 6) is 1.04. The molecule has 19 heavy (non-hydrogen) atoms. The van der Waals surface area contributed by atoms with Crippen molar-refractivity contribution in [3.8, 4) is 0 Å². The lowest BCUT2D eigenvalue weighted by Gasteiger charge is -2.31. The third kappa shape index (κ3) is 4.55. The Kier molecular flexibility index (Phi) is 5.79. The zero-order valence-electron chi connectivity index (χ0n) is 11.9. The molecule has 2 N–H and O–H groups in total. The van der Waals surface area contributed by atoms with E-state index in [1.54, 1.807) is 0 Å². The molecule has 2 rings (SSSR count). The van der Waals surface area contributed by atoms with Gasteiger partial charge >= 0.3 is 0 Å². The van der Waals surface area contributed by atoms with Crippen LogP contribution in [0.3, 0.4) is 0 Å². The molecule has 0 bridgehead atoms. The number of ketones is 1. The molecule has 0 atom stereocenters. The van der Waals surface area contributed by atoms with Crippen molar-refractivity contribution in [1.82, 2.24) is 0 Å². The van der Waals surface area contributed by atoms with Crippen molar-refractivity contribution in [1.29, 1.82) is 0 Å². The van der Waals surface area contributed by atoms with E-state index in [0.717, 1.165) is 32.0 Å². The summed E-state index contributed by atoms with van der Waals surface area (Å²) in [7, 11) is 0. The molecule has 0 radical (unpaired) electrons. The topological polar surface area (TPSA) is 61.6 Å². The Labute approximate surface area is 116 Å². The number of hydrogen-bond acceptors (Lipinski definition) is 4. The van der Waals surface area contributed by atoms with Crippen LogP contribution in [-0.4, -0.2) is 37.7 Å². The van der Waals surface area contributed by atoms with Gasteiger partial charge in [0.2, 0.25) is 0 Å². The van der Waals surface area contributed by atoms with Crippen molar-refractivity contribution in [2.75, 3.05) is 26.4 Å². The molecule has 0 spiro atoms. The lowest BCUT2D eigenvalue weighted by atomic mass is 9.84. The number of carbonyl (C=O) groups is 1. The van der Waals surface area contributed by atoms with Gasteiger partial charge in [0.1, 0.15) is 0 Å². The first kappa shape index (κ1) is 14.9. The summed E-state index contributed by atoms with van der Waals surface area (Å²) >= 11 is 0. The minimum Gasteiger partial charge on any atom is -0.381 e.